The Balaban J connectivity index is 2.60. The number of hydrogen-bond acceptors (Lipinski definition) is 3. The first-order valence-electron chi connectivity index (χ1n) is 5.35. The van der Waals surface area contributed by atoms with Crippen LogP contribution in [0.2, 0.25) is 0 Å². The van der Waals surface area contributed by atoms with Gasteiger partial charge in [-0.25, -0.2) is 4.39 Å². The van der Waals surface area contributed by atoms with E-state index in [0.29, 0.717) is 4.90 Å². The molecule has 1 aromatic carbocycles. The van der Waals surface area contributed by atoms with Gasteiger partial charge < -0.3 is 10.0 Å². The molecule has 1 amide bonds. The van der Waals surface area contributed by atoms with Crippen molar-refractivity contribution in [2.24, 2.45) is 0 Å². The summed E-state index contributed by atoms with van der Waals surface area (Å²) in [5, 5.41) is 8.66. The van der Waals surface area contributed by atoms with Gasteiger partial charge in [-0.3, -0.25) is 9.59 Å². The smallest absolute Gasteiger partial charge is 0.323 e. The summed E-state index contributed by atoms with van der Waals surface area (Å²) in [5.41, 5.74) is 0. The van der Waals surface area contributed by atoms with Crippen LogP contribution < -0.4 is 0 Å². The van der Waals surface area contributed by atoms with Crippen molar-refractivity contribution in [3.8, 4) is 12.3 Å². The molecule has 1 aromatic rings. The number of aliphatic carboxylic acids is 1. The van der Waals surface area contributed by atoms with Gasteiger partial charge in [-0.05, 0) is 12.1 Å². The molecule has 0 saturated heterocycles. The lowest BCUT2D eigenvalue weighted by Gasteiger charge is -2.17. The summed E-state index contributed by atoms with van der Waals surface area (Å²) in [6.45, 7) is -0.538. The molecular weight excluding hydrogens is 269 g/mol. The Morgan fingerprint density at radius 2 is 2.11 bits per heavy atom. The minimum Gasteiger partial charge on any atom is -0.480 e. The Hall–Kier alpha value is -2.00. The fraction of sp³-hybridized carbons (Fsp3) is 0.231. The monoisotopic (exact) mass is 281 g/mol. The van der Waals surface area contributed by atoms with Crippen LogP contribution in [-0.2, 0) is 9.59 Å². The van der Waals surface area contributed by atoms with Gasteiger partial charge in [-0.2, -0.15) is 0 Å². The Morgan fingerprint density at radius 3 is 2.68 bits per heavy atom. The van der Waals surface area contributed by atoms with Crippen LogP contribution in [0.3, 0.4) is 0 Å². The van der Waals surface area contributed by atoms with E-state index in [9.17, 15) is 14.0 Å². The predicted molar refractivity (Wildman–Crippen MR) is 70.2 cm³/mol. The second kappa shape index (κ2) is 7.44. The van der Waals surface area contributed by atoms with E-state index >= 15 is 0 Å². The lowest BCUT2D eigenvalue weighted by molar-refractivity contribution is -0.143. The van der Waals surface area contributed by atoms with E-state index in [-0.39, 0.29) is 12.3 Å². The number of halogens is 1. The van der Waals surface area contributed by atoms with Gasteiger partial charge in [-0.1, -0.05) is 18.1 Å². The Labute approximate surface area is 114 Å². The third kappa shape index (κ3) is 5.02. The quantitative estimate of drug-likeness (QED) is 0.633. The highest BCUT2D eigenvalue weighted by Crippen LogP contribution is 2.21. The van der Waals surface area contributed by atoms with Crippen LogP contribution in [0, 0.1) is 18.2 Å². The second-order valence-corrected chi connectivity index (χ2v) is 4.58. The summed E-state index contributed by atoms with van der Waals surface area (Å²) in [4.78, 5) is 23.7. The maximum atomic E-state index is 13.3. The molecule has 0 spiro atoms. The zero-order chi connectivity index (χ0) is 14.3. The maximum Gasteiger partial charge on any atom is 0.323 e. The molecule has 0 saturated carbocycles. The first kappa shape index (κ1) is 15.1. The van der Waals surface area contributed by atoms with Crippen LogP contribution >= 0.6 is 11.8 Å². The molecule has 19 heavy (non-hydrogen) atoms. The Bertz CT molecular complexity index is 513. The number of terminal acetylenes is 1. The van der Waals surface area contributed by atoms with E-state index in [2.05, 4.69) is 5.92 Å². The number of carbonyl (C=O) groups excluding carboxylic acids is 1. The van der Waals surface area contributed by atoms with Crippen molar-refractivity contribution in [3.63, 3.8) is 0 Å². The Morgan fingerprint density at radius 1 is 1.42 bits per heavy atom. The third-order valence-corrected chi connectivity index (χ3v) is 3.18. The van der Waals surface area contributed by atoms with Crippen LogP contribution in [-0.4, -0.2) is 40.7 Å². The van der Waals surface area contributed by atoms with E-state index in [0.717, 1.165) is 16.7 Å². The van der Waals surface area contributed by atoms with Crippen LogP contribution in [0.4, 0.5) is 4.39 Å². The third-order valence-electron chi connectivity index (χ3n) is 2.15. The van der Waals surface area contributed by atoms with Gasteiger partial charge in [0.1, 0.15) is 12.4 Å². The number of benzene rings is 1. The average Bonchev–Trinajstić information content (AvgIpc) is 2.36. The average molecular weight is 281 g/mol. The SMILES string of the molecule is C#CCN(CC(=O)O)C(=O)CSc1ccccc1F. The van der Waals surface area contributed by atoms with E-state index in [1.54, 1.807) is 18.2 Å². The minimum atomic E-state index is -1.14. The van der Waals surface area contributed by atoms with Gasteiger partial charge >= 0.3 is 5.97 Å². The molecule has 0 bridgehead atoms. The van der Waals surface area contributed by atoms with E-state index in [1.165, 1.54) is 6.07 Å². The van der Waals surface area contributed by atoms with E-state index < -0.39 is 24.2 Å². The molecule has 0 radical (unpaired) electrons. The lowest BCUT2D eigenvalue weighted by Crippen LogP contribution is -2.37. The number of carboxylic acids is 1. The lowest BCUT2D eigenvalue weighted by atomic mass is 10.3. The van der Waals surface area contributed by atoms with Crippen molar-refractivity contribution < 1.29 is 19.1 Å². The van der Waals surface area contributed by atoms with Gasteiger partial charge in [0, 0.05) is 4.90 Å². The van der Waals surface area contributed by atoms with Crippen LogP contribution in [0.15, 0.2) is 29.2 Å². The van der Waals surface area contributed by atoms with Gasteiger partial charge in [0.05, 0.1) is 12.3 Å². The van der Waals surface area contributed by atoms with Crippen LogP contribution in [0.5, 0.6) is 0 Å². The van der Waals surface area contributed by atoms with Gasteiger partial charge in [-0.15, -0.1) is 18.2 Å². The Kier molecular flexibility index (Phi) is 5.90. The summed E-state index contributed by atoms with van der Waals surface area (Å²) in [6, 6.07) is 6.06. The van der Waals surface area contributed by atoms with Gasteiger partial charge in [0.15, 0.2) is 0 Å². The molecule has 1 rings (SSSR count). The summed E-state index contributed by atoms with van der Waals surface area (Å²) in [5.74, 6) is 0.172. The molecule has 0 aliphatic carbocycles. The number of nitrogens with zero attached hydrogens (tertiary/aromatic N) is 1. The zero-order valence-corrected chi connectivity index (χ0v) is 10.8. The number of thioether (sulfide) groups is 1. The van der Waals surface area contributed by atoms with Crippen LogP contribution in [0.25, 0.3) is 0 Å². The van der Waals surface area contributed by atoms with E-state index in [4.69, 9.17) is 11.5 Å². The van der Waals surface area contributed by atoms with Crippen molar-refractivity contribution in [2.75, 3.05) is 18.8 Å². The van der Waals surface area contributed by atoms with Crippen molar-refractivity contribution in [1.29, 1.82) is 0 Å². The predicted octanol–water partition coefficient (Wildman–Crippen LogP) is 1.46. The standard InChI is InChI=1S/C13H12FNO3S/c1-2-7-15(8-13(17)18)12(16)9-19-11-6-4-3-5-10(11)14/h1,3-6H,7-9H2,(H,17,18). The normalized spacial score (nSPS) is 9.68. The topological polar surface area (TPSA) is 57.6 Å². The summed E-state index contributed by atoms with van der Waals surface area (Å²) >= 11 is 1.01. The molecule has 0 atom stereocenters. The fourth-order valence-electron chi connectivity index (χ4n) is 1.30. The molecule has 0 unspecified atom stereocenters. The minimum absolute atomic E-state index is 0.0596. The second-order valence-electron chi connectivity index (χ2n) is 3.57. The molecule has 0 aromatic heterocycles. The highest BCUT2D eigenvalue weighted by atomic mass is 32.2. The van der Waals surface area contributed by atoms with Crippen molar-refractivity contribution in [2.45, 2.75) is 4.90 Å². The molecule has 0 aliphatic rings. The number of carboxylic acid groups (broad SMARTS) is 1. The van der Waals surface area contributed by atoms with Crippen molar-refractivity contribution in [3.05, 3.63) is 30.1 Å². The van der Waals surface area contributed by atoms with Gasteiger partial charge in [0.25, 0.3) is 0 Å². The summed E-state index contributed by atoms with van der Waals surface area (Å²) in [6.07, 6.45) is 5.07. The van der Waals surface area contributed by atoms with Gasteiger partial charge in [0.2, 0.25) is 5.91 Å². The van der Waals surface area contributed by atoms with Crippen molar-refractivity contribution in [1.82, 2.24) is 4.90 Å². The number of carbonyl (C=O) groups is 2. The molecule has 6 heteroatoms. The zero-order valence-electron chi connectivity index (χ0n) is 10.0. The molecule has 100 valence electrons. The molecule has 0 fully saturated rings. The highest BCUT2D eigenvalue weighted by Gasteiger charge is 2.16. The molecule has 4 nitrogen and oxygen atoms in total. The molecular formula is C13H12FNO3S. The summed E-state index contributed by atoms with van der Waals surface area (Å²) < 4.78 is 13.3. The first-order chi connectivity index (χ1) is 9.04. The van der Waals surface area contributed by atoms with Crippen LogP contribution in [0.1, 0.15) is 0 Å². The maximum absolute atomic E-state index is 13.3. The molecule has 0 heterocycles. The summed E-state index contributed by atoms with van der Waals surface area (Å²) in [7, 11) is 0. The van der Waals surface area contributed by atoms with Crippen molar-refractivity contribution >= 4 is 23.6 Å². The molecule has 1 N–H and O–H groups in total. The number of hydrogen-bond donors (Lipinski definition) is 1. The first-order valence-corrected chi connectivity index (χ1v) is 6.33. The largest absolute Gasteiger partial charge is 0.480 e. The number of rotatable bonds is 6. The fourth-order valence-corrected chi connectivity index (χ4v) is 2.14. The van der Waals surface area contributed by atoms with E-state index in [1.807, 2.05) is 0 Å². The molecule has 0 aliphatic heterocycles. The highest BCUT2D eigenvalue weighted by molar-refractivity contribution is 8.00. The number of amides is 1.